The molecule has 4 nitrogen and oxygen atoms in total. The molecule has 0 aliphatic rings. The summed E-state index contributed by atoms with van der Waals surface area (Å²) >= 11 is 0. The normalized spacial score (nSPS) is 14.5. The van der Waals surface area contributed by atoms with Crippen LogP contribution in [0.4, 0.5) is 4.39 Å². The van der Waals surface area contributed by atoms with Crippen molar-refractivity contribution in [1.29, 1.82) is 0 Å². The molecule has 0 amide bonds. The van der Waals surface area contributed by atoms with Crippen LogP contribution in [0.3, 0.4) is 0 Å². The summed E-state index contributed by atoms with van der Waals surface area (Å²) < 4.78 is 18.2. The van der Waals surface area contributed by atoms with Crippen molar-refractivity contribution in [2.75, 3.05) is 6.67 Å². The zero-order valence-electron chi connectivity index (χ0n) is 12.7. The van der Waals surface area contributed by atoms with Crippen molar-refractivity contribution in [1.82, 2.24) is 0 Å². The van der Waals surface area contributed by atoms with Gasteiger partial charge in [0.05, 0.1) is 6.67 Å². The molecular formula is C15H23FO4Si. The molecule has 1 aromatic rings. The van der Waals surface area contributed by atoms with E-state index in [1.54, 1.807) is 24.3 Å². The van der Waals surface area contributed by atoms with Crippen molar-refractivity contribution in [2.45, 2.75) is 44.5 Å². The summed E-state index contributed by atoms with van der Waals surface area (Å²) in [6, 6.07) is 7.40. The third-order valence-electron chi connectivity index (χ3n) is 3.38. The zero-order chi connectivity index (χ0) is 16.1. The van der Waals surface area contributed by atoms with Crippen LogP contribution >= 0.6 is 0 Å². The van der Waals surface area contributed by atoms with Gasteiger partial charge in [-0.2, -0.15) is 0 Å². The molecule has 1 aromatic carbocycles. The minimum atomic E-state index is -2.10. The van der Waals surface area contributed by atoms with E-state index in [2.05, 4.69) is 0 Å². The Bertz CT molecular complexity index is 488. The third kappa shape index (κ3) is 4.82. The van der Waals surface area contributed by atoms with Gasteiger partial charge in [0.15, 0.2) is 5.60 Å². The van der Waals surface area contributed by atoms with Crippen LogP contribution in [-0.2, 0) is 10.4 Å². The molecule has 0 saturated heterocycles. The van der Waals surface area contributed by atoms with Gasteiger partial charge in [-0.05, 0) is 38.5 Å². The van der Waals surface area contributed by atoms with E-state index in [0.717, 1.165) is 12.5 Å². The first-order valence-corrected chi connectivity index (χ1v) is 10.1. The summed E-state index contributed by atoms with van der Waals surface area (Å²) in [5.74, 6) is -0.933. The van der Waals surface area contributed by atoms with Crippen LogP contribution < -0.4 is 4.43 Å². The Balaban J connectivity index is 2.96. The molecule has 0 spiro atoms. The van der Waals surface area contributed by atoms with E-state index >= 15 is 0 Å². The molecule has 6 heteroatoms. The van der Waals surface area contributed by atoms with E-state index in [-0.39, 0.29) is 12.2 Å². The first-order valence-electron chi connectivity index (χ1n) is 7.01. The summed E-state index contributed by atoms with van der Waals surface area (Å²) in [5, 5.41) is 19.3. The fraction of sp³-hybridized carbons (Fsp3) is 0.533. The number of benzene rings is 1. The number of alkyl halides is 1. The van der Waals surface area contributed by atoms with Crippen LogP contribution in [0.15, 0.2) is 24.3 Å². The number of hydrogen-bond acceptors (Lipinski definition) is 3. The van der Waals surface area contributed by atoms with Crippen LogP contribution in [-0.4, -0.2) is 31.2 Å². The summed E-state index contributed by atoms with van der Waals surface area (Å²) in [5.41, 5.74) is -1.76. The van der Waals surface area contributed by atoms with Crippen LogP contribution in [0, 0.1) is 0 Å². The maximum atomic E-state index is 12.2. The van der Waals surface area contributed by atoms with Gasteiger partial charge in [0.25, 0.3) is 0 Å². The average molecular weight is 314 g/mol. The molecule has 0 aliphatic carbocycles. The lowest BCUT2D eigenvalue weighted by Crippen LogP contribution is -2.37. The summed E-state index contributed by atoms with van der Waals surface area (Å²) in [4.78, 5) is 11.2. The molecule has 0 aromatic heterocycles. The van der Waals surface area contributed by atoms with Gasteiger partial charge in [-0.25, -0.2) is 4.79 Å². The van der Waals surface area contributed by atoms with E-state index in [1.165, 1.54) is 6.92 Å². The Hall–Kier alpha value is -1.40. The Morgan fingerprint density at radius 1 is 1.33 bits per heavy atom. The van der Waals surface area contributed by atoms with Gasteiger partial charge in [0.2, 0.25) is 8.32 Å². The third-order valence-corrected chi connectivity index (χ3v) is 5.71. The van der Waals surface area contributed by atoms with Gasteiger partial charge in [0, 0.05) is 5.56 Å². The van der Waals surface area contributed by atoms with Crippen LogP contribution in [0.5, 0.6) is 5.75 Å². The molecule has 0 saturated carbocycles. The monoisotopic (exact) mass is 314 g/mol. The fourth-order valence-corrected chi connectivity index (χ4v) is 4.04. The predicted molar refractivity (Wildman–Crippen MR) is 81.8 cm³/mol. The van der Waals surface area contributed by atoms with Gasteiger partial charge < -0.3 is 14.6 Å². The lowest BCUT2D eigenvalue weighted by molar-refractivity contribution is -0.157. The summed E-state index contributed by atoms with van der Waals surface area (Å²) in [7, 11) is -2.10. The second-order valence-electron chi connectivity index (χ2n) is 5.88. The number of para-hydroxylation sites is 1. The zero-order valence-corrected chi connectivity index (χ0v) is 13.7. The minimum absolute atomic E-state index is 0.239. The van der Waals surface area contributed by atoms with Gasteiger partial charge in [0.1, 0.15) is 5.75 Å². The van der Waals surface area contributed by atoms with Gasteiger partial charge >= 0.3 is 5.97 Å². The lowest BCUT2D eigenvalue weighted by atomic mass is 9.95. The quantitative estimate of drug-likeness (QED) is 0.570. The van der Waals surface area contributed by atoms with Crippen LogP contribution in [0.1, 0.15) is 25.3 Å². The molecule has 21 heavy (non-hydrogen) atoms. The molecule has 2 N–H and O–H groups in total. The van der Waals surface area contributed by atoms with Crippen LogP contribution in [0.25, 0.3) is 0 Å². The van der Waals surface area contributed by atoms with Gasteiger partial charge in [-0.3, -0.25) is 4.39 Å². The first-order chi connectivity index (χ1) is 9.70. The van der Waals surface area contributed by atoms with Crippen molar-refractivity contribution < 1.29 is 23.8 Å². The van der Waals surface area contributed by atoms with E-state index in [9.17, 15) is 14.3 Å². The molecular weight excluding hydrogens is 291 g/mol. The highest BCUT2D eigenvalue weighted by Crippen LogP contribution is 2.32. The predicted octanol–water partition coefficient (Wildman–Crippen LogP) is 3.31. The number of carboxylic acid groups (broad SMARTS) is 1. The smallest absolute Gasteiger partial charge is 0.340 e. The van der Waals surface area contributed by atoms with Crippen molar-refractivity contribution >= 4 is 14.3 Å². The van der Waals surface area contributed by atoms with Gasteiger partial charge in [-0.15, -0.1) is 0 Å². The number of rotatable bonds is 8. The molecule has 0 heterocycles. The van der Waals surface area contributed by atoms with Crippen molar-refractivity contribution in [3.63, 3.8) is 0 Å². The number of carbonyl (C=O) groups is 1. The number of hydrogen-bond donors (Lipinski definition) is 2. The van der Waals surface area contributed by atoms with Crippen molar-refractivity contribution in [2.24, 2.45) is 0 Å². The Labute approximate surface area is 125 Å². The lowest BCUT2D eigenvalue weighted by Gasteiger charge is -2.28. The first kappa shape index (κ1) is 17.6. The summed E-state index contributed by atoms with van der Waals surface area (Å²) in [6.07, 6.45) is 1.25. The van der Waals surface area contributed by atoms with Crippen LogP contribution in [0.2, 0.25) is 19.1 Å². The SMILES string of the molecule is CC(O)(C(=O)O)c1ccccc1O[Si](C)(C)CCCCF. The molecule has 0 bridgehead atoms. The number of aliphatic hydroxyl groups is 1. The Kier molecular flexibility index (Phi) is 5.92. The van der Waals surface area contributed by atoms with E-state index in [0.29, 0.717) is 12.2 Å². The molecule has 118 valence electrons. The molecule has 1 rings (SSSR count). The highest BCUT2D eigenvalue weighted by atomic mass is 28.4. The number of aliphatic carboxylic acids is 1. The molecule has 0 radical (unpaired) electrons. The van der Waals surface area contributed by atoms with Crippen molar-refractivity contribution in [3.05, 3.63) is 29.8 Å². The standard InChI is InChI=1S/C15H23FO4Si/c1-15(19,14(17)18)12-8-4-5-9-13(12)20-21(2,3)11-7-6-10-16/h4-5,8-9,19H,6-7,10-11H2,1-3H3,(H,17,18). The maximum Gasteiger partial charge on any atom is 0.340 e. The van der Waals surface area contributed by atoms with E-state index in [4.69, 9.17) is 9.53 Å². The average Bonchev–Trinajstić information content (AvgIpc) is 2.38. The molecule has 1 atom stereocenters. The number of carboxylic acids is 1. The molecule has 1 unspecified atom stereocenters. The number of halogens is 1. The molecule has 0 aliphatic heterocycles. The largest absolute Gasteiger partial charge is 0.544 e. The van der Waals surface area contributed by atoms with E-state index < -0.39 is 19.9 Å². The highest BCUT2D eigenvalue weighted by Gasteiger charge is 2.36. The Morgan fingerprint density at radius 3 is 2.52 bits per heavy atom. The second kappa shape index (κ2) is 7.04. The van der Waals surface area contributed by atoms with E-state index in [1.807, 2.05) is 13.1 Å². The minimum Gasteiger partial charge on any atom is -0.544 e. The topological polar surface area (TPSA) is 66.8 Å². The Morgan fingerprint density at radius 2 is 1.95 bits per heavy atom. The van der Waals surface area contributed by atoms with Crippen molar-refractivity contribution in [3.8, 4) is 5.75 Å². The number of unbranched alkanes of at least 4 members (excludes halogenated alkanes) is 1. The fourth-order valence-electron chi connectivity index (χ4n) is 2.07. The van der Waals surface area contributed by atoms with Gasteiger partial charge in [-0.1, -0.05) is 24.6 Å². The second-order valence-corrected chi connectivity index (χ2v) is 10.1. The highest BCUT2D eigenvalue weighted by molar-refractivity contribution is 6.71. The maximum absolute atomic E-state index is 12.2. The summed E-state index contributed by atoms with van der Waals surface area (Å²) in [6.45, 7) is 4.89. The molecule has 0 fully saturated rings.